The van der Waals surface area contributed by atoms with E-state index in [1.54, 1.807) is 13.1 Å². The fraction of sp³-hybridized carbons (Fsp3) is 0.0952. The lowest BCUT2D eigenvalue weighted by molar-refractivity contribution is 0.0320. The molecule has 2 N–H and O–H groups in total. The number of carbonyl (C=O) groups excluding carboxylic acids is 2. The van der Waals surface area contributed by atoms with Gasteiger partial charge in [-0.05, 0) is 13.0 Å². The minimum atomic E-state index is -0.921. The Kier molecular flexibility index (Phi) is 4.30. The highest BCUT2D eigenvalue weighted by molar-refractivity contribution is 6.10. The molecular formula is C21H17N3O3. The van der Waals surface area contributed by atoms with Crippen LogP contribution in [0.5, 0.6) is 0 Å². The molecule has 1 atom stereocenters. The molecule has 0 aliphatic rings. The van der Waals surface area contributed by atoms with Crippen LogP contribution in [-0.2, 0) is 4.74 Å². The number of aromatic nitrogens is 3. The molecule has 0 spiro atoms. The number of ether oxygens (including phenoxy) is 1. The number of Topliss-reactive ketones (excluding diaryl/α,β-unsaturated/α-hetero) is 1. The Balaban J connectivity index is 1.55. The molecule has 0 aliphatic heterocycles. The molecule has 2 aromatic heterocycles. The van der Waals surface area contributed by atoms with Gasteiger partial charge in [-0.1, -0.05) is 48.5 Å². The zero-order chi connectivity index (χ0) is 18.8. The van der Waals surface area contributed by atoms with Crippen molar-refractivity contribution in [2.45, 2.75) is 13.0 Å². The number of para-hydroxylation sites is 1. The van der Waals surface area contributed by atoms with E-state index in [4.69, 9.17) is 4.74 Å². The first-order valence-electron chi connectivity index (χ1n) is 8.55. The van der Waals surface area contributed by atoms with Crippen LogP contribution >= 0.6 is 0 Å². The second-order valence-electron chi connectivity index (χ2n) is 6.18. The molecule has 4 rings (SSSR count). The monoisotopic (exact) mass is 359 g/mol. The van der Waals surface area contributed by atoms with Crippen molar-refractivity contribution in [1.82, 2.24) is 15.2 Å². The van der Waals surface area contributed by atoms with Crippen molar-refractivity contribution in [3.63, 3.8) is 0 Å². The molecule has 134 valence electrons. The summed E-state index contributed by atoms with van der Waals surface area (Å²) in [6.07, 6.45) is 2.13. The molecule has 0 unspecified atom stereocenters. The summed E-state index contributed by atoms with van der Waals surface area (Å²) in [4.78, 5) is 28.4. The van der Waals surface area contributed by atoms with Crippen LogP contribution < -0.4 is 0 Å². The average molecular weight is 359 g/mol. The van der Waals surface area contributed by atoms with Gasteiger partial charge in [-0.3, -0.25) is 9.89 Å². The number of ketones is 1. The number of nitrogens with one attached hydrogen (secondary N) is 2. The summed E-state index contributed by atoms with van der Waals surface area (Å²) >= 11 is 0. The van der Waals surface area contributed by atoms with Crippen LogP contribution in [0.1, 0.15) is 27.6 Å². The van der Waals surface area contributed by atoms with Crippen molar-refractivity contribution in [2.24, 2.45) is 0 Å². The van der Waals surface area contributed by atoms with E-state index in [0.717, 1.165) is 16.5 Å². The fourth-order valence-corrected chi connectivity index (χ4v) is 3.04. The molecule has 6 heteroatoms. The van der Waals surface area contributed by atoms with E-state index < -0.39 is 12.1 Å². The van der Waals surface area contributed by atoms with Crippen molar-refractivity contribution in [1.29, 1.82) is 0 Å². The number of hydrogen-bond donors (Lipinski definition) is 2. The van der Waals surface area contributed by atoms with E-state index in [9.17, 15) is 9.59 Å². The van der Waals surface area contributed by atoms with Crippen LogP contribution in [0, 0.1) is 0 Å². The zero-order valence-corrected chi connectivity index (χ0v) is 14.6. The predicted molar refractivity (Wildman–Crippen MR) is 102 cm³/mol. The SMILES string of the molecule is C[C@H](OC(=O)c1cn[nH]c1-c1ccccc1)C(=O)c1c[nH]c2ccccc12. The lowest BCUT2D eigenvalue weighted by Crippen LogP contribution is -2.24. The average Bonchev–Trinajstić information content (AvgIpc) is 3.35. The van der Waals surface area contributed by atoms with E-state index in [-0.39, 0.29) is 5.78 Å². The van der Waals surface area contributed by atoms with Crippen molar-refractivity contribution < 1.29 is 14.3 Å². The fourth-order valence-electron chi connectivity index (χ4n) is 3.04. The van der Waals surface area contributed by atoms with Crippen molar-refractivity contribution >= 4 is 22.7 Å². The topological polar surface area (TPSA) is 87.8 Å². The summed E-state index contributed by atoms with van der Waals surface area (Å²) < 4.78 is 5.43. The number of aromatic amines is 2. The van der Waals surface area contributed by atoms with Crippen molar-refractivity contribution in [3.05, 3.63) is 78.1 Å². The maximum atomic E-state index is 12.8. The van der Waals surface area contributed by atoms with E-state index in [0.29, 0.717) is 16.8 Å². The highest BCUT2D eigenvalue weighted by atomic mass is 16.5. The molecule has 0 aliphatic carbocycles. The highest BCUT2D eigenvalue weighted by Gasteiger charge is 2.25. The van der Waals surface area contributed by atoms with Crippen LogP contribution in [0.3, 0.4) is 0 Å². The number of fused-ring (bicyclic) bond motifs is 1. The molecule has 4 aromatic rings. The summed E-state index contributed by atoms with van der Waals surface area (Å²) in [5.74, 6) is -0.853. The second kappa shape index (κ2) is 6.92. The number of hydrogen-bond acceptors (Lipinski definition) is 4. The predicted octanol–water partition coefficient (Wildman–Crippen LogP) is 3.99. The molecule has 2 heterocycles. The van der Waals surface area contributed by atoms with Gasteiger partial charge in [0.05, 0.1) is 11.9 Å². The third-order valence-electron chi connectivity index (χ3n) is 4.43. The maximum Gasteiger partial charge on any atom is 0.342 e. The maximum absolute atomic E-state index is 12.8. The summed E-state index contributed by atoms with van der Waals surface area (Å²) in [5, 5.41) is 7.57. The van der Waals surface area contributed by atoms with Crippen LogP contribution in [0.15, 0.2) is 67.0 Å². The number of rotatable bonds is 5. The van der Waals surface area contributed by atoms with E-state index in [1.807, 2.05) is 54.6 Å². The summed E-state index contributed by atoms with van der Waals surface area (Å²) in [6.45, 7) is 1.57. The zero-order valence-electron chi connectivity index (χ0n) is 14.6. The summed E-state index contributed by atoms with van der Waals surface area (Å²) in [6, 6.07) is 16.9. The Hall–Kier alpha value is -3.67. The van der Waals surface area contributed by atoms with Gasteiger partial charge in [-0.2, -0.15) is 5.10 Å². The number of nitrogens with zero attached hydrogens (tertiary/aromatic N) is 1. The summed E-state index contributed by atoms with van der Waals surface area (Å²) in [7, 11) is 0. The first-order chi connectivity index (χ1) is 13.1. The third-order valence-corrected chi connectivity index (χ3v) is 4.43. The minimum Gasteiger partial charge on any atom is -0.451 e. The van der Waals surface area contributed by atoms with Crippen LogP contribution in [0.2, 0.25) is 0 Å². The quantitative estimate of drug-likeness (QED) is 0.417. The lowest BCUT2D eigenvalue weighted by atomic mass is 10.1. The van der Waals surface area contributed by atoms with Crippen molar-refractivity contribution in [3.8, 4) is 11.3 Å². The Morgan fingerprint density at radius 2 is 1.74 bits per heavy atom. The van der Waals surface area contributed by atoms with Crippen molar-refractivity contribution in [2.75, 3.05) is 0 Å². The molecule has 0 radical (unpaired) electrons. The summed E-state index contributed by atoms with van der Waals surface area (Å²) in [5.41, 5.74) is 3.03. The normalized spacial score (nSPS) is 12.0. The third kappa shape index (κ3) is 3.13. The highest BCUT2D eigenvalue weighted by Crippen LogP contribution is 2.23. The Morgan fingerprint density at radius 1 is 1.00 bits per heavy atom. The molecule has 0 bridgehead atoms. The minimum absolute atomic E-state index is 0.259. The number of H-pyrrole nitrogens is 2. The molecule has 0 amide bonds. The van der Waals surface area contributed by atoms with Crippen LogP contribution in [0.25, 0.3) is 22.2 Å². The largest absolute Gasteiger partial charge is 0.451 e. The van der Waals surface area contributed by atoms with Crippen LogP contribution in [-0.4, -0.2) is 33.0 Å². The van der Waals surface area contributed by atoms with Gasteiger partial charge in [0.2, 0.25) is 5.78 Å². The van der Waals surface area contributed by atoms with Gasteiger partial charge in [-0.15, -0.1) is 0 Å². The van der Waals surface area contributed by atoms with Gasteiger partial charge in [-0.25, -0.2) is 4.79 Å². The second-order valence-corrected chi connectivity index (χ2v) is 6.18. The van der Waals surface area contributed by atoms with Gasteiger partial charge < -0.3 is 9.72 Å². The van der Waals surface area contributed by atoms with Gasteiger partial charge in [0, 0.05) is 28.2 Å². The molecule has 0 saturated heterocycles. The number of esters is 1. The molecule has 0 saturated carbocycles. The molecular weight excluding hydrogens is 342 g/mol. The Labute approximate surface area is 155 Å². The first kappa shape index (κ1) is 16.8. The van der Waals surface area contributed by atoms with Crippen LogP contribution in [0.4, 0.5) is 0 Å². The molecule has 0 fully saturated rings. The lowest BCUT2D eigenvalue weighted by Gasteiger charge is -2.12. The smallest absolute Gasteiger partial charge is 0.342 e. The Bertz CT molecular complexity index is 1110. The Morgan fingerprint density at radius 3 is 2.56 bits per heavy atom. The van der Waals surface area contributed by atoms with E-state index in [2.05, 4.69) is 15.2 Å². The number of carbonyl (C=O) groups is 2. The van der Waals surface area contributed by atoms with Gasteiger partial charge >= 0.3 is 5.97 Å². The van der Waals surface area contributed by atoms with E-state index in [1.165, 1.54) is 6.20 Å². The molecule has 27 heavy (non-hydrogen) atoms. The van der Waals surface area contributed by atoms with Gasteiger partial charge in [0.1, 0.15) is 5.56 Å². The standard InChI is InChI=1S/C21H17N3O3/c1-13(20(25)16-11-22-18-10-6-5-9-15(16)18)27-21(26)17-12-23-24-19(17)14-7-3-2-4-8-14/h2-13,22H,1H3,(H,23,24)/t13-/m0/s1. The van der Waals surface area contributed by atoms with E-state index >= 15 is 0 Å². The molecule has 2 aromatic carbocycles. The first-order valence-corrected chi connectivity index (χ1v) is 8.55. The number of benzene rings is 2. The molecule has 6 nitrogen and oxygen atoms in total. The van der Waals surface area contributed by atoms with Gasteiger partial charge in [0.15, 0.2) is 6.10 Å². The van der Waals surface area contributed by atoms with Gasteiger partial charge in [0.25, 0.3) is 0 Å².